The molecule has 23 heavy (non-hydrogen) atoms. The van der Waals surface area contributed by atoms with Gasteiger partial charge in [-0.1, -0.05) is 0 Å². The van der Waals surface area contributed by atoms with Gasteiger partial charge in [-0.3, -0.25) is 4.79 Å². The smallest absolute Gasteiger partial charge is 0.416 e. The van der Waals surface area contributed by atoms with Gasteiger partial charge < -0.3 is 15.7 Å². The fourth-order valence-corrected chi connectivity index (χ4v) is 1.71. The second kappa shape index (κ2) is 7.02. The van der Waals surface area contributed by atoms with Crippen LogP contribution >= 0.6 is 12.2 Å². The lowest BCUT2D eigenvalue weighted by molar-refractivity contribution is -0.143. The van der Waals surface area contributed by atoms with Gasteiger partial charge in [0, 0.05) is 12.2 Å². The molecule has 0 spiro atoms. The number of carbonyl (C=O) groups is 1. The Bertz CT molecular complexity index is 568. The molecule has 0 aliphatic rings. The molecule has 0 heterocycles. The highest BCUT2D eigenvalue weighted by atomic mass is 32.1. The van der Waals surface area contributed by atoms with E-state index >= 15 is 0 Å². The Morgan fingerprint density at radius 3 is 1.91 bits per heavy atom. The van der Waals surface area contributed by atoms with E-state index in [-0.39, 0.29) is 24.1 Å². The maximum atomic E-state index is 12.7. The predicted octanol–water partition coefficient (Wildman–Crippen LogP) is 3.49. The van der Waals surface area contributed by atoms with Gasteiger partial charge in [0.1, 0.15) is 0 Å². The number of hydrogen-bond acceptors (Lipinski definition) is 2. The van der Waals surface area contributed by atoms with Gasteiger partial charge >= 0.3 is 18.3 Å². The van der Waals surface area contributed by atoms with Crippen molar-refractivity contribution in [2.24, 2.45) is 0 Å². The number of anilines is 1. The van der Waals surface area contributed by atoms with Crippen LogP contribution in [0.15, 0.2) is 18.2 Å². The summed E-state index contributed by atoms with van der Waals surface area (Å²) in [6.07, 6.45) is -10.2. The highest BCUT2D eigenvalue weighted by Gasteiger charge is 2.36. The lowest BCUT2D eigenvalue weighted by Gasteiger charge is -2.16. The highest BCUT2D eigenvalue weighted by Crippen LogP contribution is 2.37. The Kier molecular flexibility index (Phi) is 5.81. The molecule has 11 heteroatoms. The van der Waals surface area contributed by atoms with E-state index in [2.05, 4.69) is 22.9 Å². The van der Waals surface area contributed by atoms with Gasteiger partial charge in [-0.05, 0) is 30.4 Å². The molecule has 0 unspecified atom stereocenters. The number of nitrogens with one attached hydrogen (secondary N) is 2. The Labute approximate surface area is 131 Å². The number of aliphatic carboxylic acids is 1. The fourth-order valence-electron chi connectivity index (χ4n) is 1.49. The highest BCUT2D eigenvalue weighted by molar-refractivity contribution is 7.80. The van der Waals surface area contributed by atoms with E-state index < -0.39 is 35.1 Å². The van der Waals surface area contributed by atoms with Gasteiger partial charge in [-0.25, -0.2) is 0 Å². The average molecular weight is 360 g/mol. The maximum absolute atomic E-state index is 12.7. The first-order valence-corrected chi connectivity index (χ1v) is 6.36. The van der Waals surface area contributed by atoms with Gasteiger partial charge in [0.15, 0.2) is 5.11 Å². The molecule has 128 valence electrons. The standard InChI is InChI=1S/C12H10F6N2O2S/c13-11(14,15)6-3-7(12(16,17)18)5-8(4-6)20-10(23)19-2-1-9(21)22/h3-5H,1-2H2,(H,21,22)(H2,19,20,23). The zero-order chi connectivity index (χ0) is 17.8. The van der Waals surface area contributed by atoms with Gasteiger partial charge in [-0.15, -0.1) is 0 Å². The Hall–Kier alpha value is -2.04. The summed E-state index contributed by atoms with van der Waals surface area (Å²) in [5.74, 6) is -1.14. The van der Waals surface area contributed by atoms with Crippen LogP contribution in [0.25, 0.3) is 0 Å². The normalized spacial score (nSPS) is 11.9. The van der Waals surface area contributed by atoms with Crippen molar-refractivity contribution in [2.75, 3.05) is 11.9 Å². The minimum Gasteiger partial charge on any atom is -0.481 e. The van der Waals surface area contributed by atoms with E-state index in [1.54, 1.807) is 0 Å². The number of halogens is 6. The van der Waals surface area contributed by atoms with Crippen molar-refractivity contribution in [3.8, 4) is 0 Å². The third-order valence-corrected chi connectivity index (χ3v) is 2.72. The van der Waals surface area contributed by atoms with Crippen molar-refractivity contribution in [1.29, 1.82) is 0 Å². The quantitative estimate of drug-likeness (QED) is 0.567. The van der Waals surface area contributed by atoms with Crippen molar-refractivity contribution in [3.05, 3.63) is 29.3 Å². The molecule has 0 bridgehead atoms. The SMILES string of the molecule is O=C(O)CCNC(=S)Nc1cc(C(F)(F)F)cc(C(F)(F)F)c1. The van der Waals surface area contributed by atoms with Gasteiger partial charge in [0.2, 0.25) is 0 Å². The number of rotatable bonds is 4. The first-order chi connectivity index (χ1) is 10.4. The molecule has 0 aliphatic carbocycles. The van der Waals surface area contributed by atoms with Crippen LogP contribution in [0.1, 0.15) is 17.5 Å². The Morgan fingerprint density at radius 1 is 1.04 bits per heavy atom. The summed E-state index contributed by atoms with van der Waals surface area (Å²) < 4.78 is 75.9. The summed E-state index contributed by atoms with van der Waals surface area (Å²) in [4.78, 5) is 10.3. The van der Waals surface area contributed by atoms with Crippen molar-refractivity contribution in [3.63, 3.8) is 0 Å². The molecule has 0 amide bonds. The summed E-state index contributed by atoms with van der Waals surface area (Å²) in [6.45, 7) is -0.133. The Morgan fingerprint density at radius 2 is 1.52 bits per heavy atom. The maximum Gasteiger partial charge on any atom is 0.416 e. The van der Waals surface area contributed by atoms with Crippen molar-refractivity contribution < 1.29 is 36.2 Å². The molecule has 0 aliphatic heterocycles. The number of carboxylic acids is 1. The summed E-state index contributed by atoms with van der Waals surface area (Å²) in [5.41, 5.74) is -3.48. The third kappa shape index (κ3) is 6.30. The van der Waals surface area contributed by atoms with E-state index in [9.17, 15) is 31.1 Å². The van der Waals surface area contributed by atoms with E-state index in [0.29, 0.717) is 12.1 Å². The van der Waals surface area contributed by atoms with Crippen LogP contribution < -0.4 is 10.6 Å². The molecule has 1 rings (SSSR count). The molecule has 1 aromatic rings. The zero-order valence-electron chi connectivity index (χ0n) is 11.2. The number of carboxylic acid groups (broad SMARTS) is 1. The van der Waals surface area contributed by atoms with Crippen LogP contribution in [-0.2, 0) is 17.1 Å². The second-order valence-electron chi connectivity index (χ2n) is 4.32. The lowest BCUT2D eigenvalue weighted by atomic mass is 10.1. The van der Waals surface area contributed by atoms with Gasteiger partial charge in [0.25, 0.3) is 0 Å². The van der Waals surface area contributed by atoms with Gasteiger partial charge in [-0.2, -0.15) is 26.3 Å². The monoisotopic (exact) mass is 360 g/mol. The molecule has 0 aromatic heterocycles. The van der Waals surface area contributed by atoms with E-state index in [4.69, 9.17) is 5.11 Å². The van der Waals surface area contributed by atoms with Crippen molar-refractivity contribution in [2.45, 2.75) is 18.8 Å². The zero-order valence-corrected chi connectivity index (χ0v) is 12.0. The fraction of sp³-hybridized carbons (Fsp3) is 0.333. The molecule has 1 aromatic carbocycles. The topological polar surface area (TPSA) is 61.4 Å². The molecule has 0 radical (unpaired) electrons. The first-order valence-electron chi connectivity index (χ1n) is 5.95. The molecule has 4 nitrogen and oxygen atoms in total. The summed E-state index contributed by atoms with van der Waals surface area (Å²) in [6, 6.07) is 0.937. The second-order valence-corrected chi connectivity index (χ2v) is 4.73. The number of alkyl halides is 6. The van der Waals surface area contributed by atoms with Crippen LogP contribution in [0.3, 0.4) is 0 Å². The van der Waals surface area contributed by atoms with E-state index in [0.717, 1.165) is 0 Å². The lowest BCUT2D eigenvalue weighted by Crippen LogP contribution is -2.30. The Balaban J connectivity index is 2.97. The molecule has 0 saturated carbocycles. The summed E-state index contributed by atoms with van der Waals surface area (Å²) >= 11 is 4.68. The van der Waals surface area contributed by atoms with Crippen LogP contribution in [-0.4, -0.2) is 22.7 Å². The molecule has 0 atom stereocenters. The largest absolute Gasteiger partial charge is 0.481 e. The van der Waals surface area contributed by atoms with Crippen molar-refractivity contribution in [1.82, 2.24) is 5.32 Å². The molecule has 0 fully saturated rings. The van der Waals surface area contributed by atoms with Crippen LogP contribution in [0, 0.1) is 0 Å². The number of hydrogen-bond donors (Lipinski definition) is 3. The van der Waals surface area contributed by atoms with E-state index in [1.165, 1.54) is 0 Å². The average Bonchev–Trinajstić information content (AvgIpc) is 2.35. The minimum absolute atomic E-state index is 0.00785. The molecular formula is C12H10F6N2O2S. The van der Waals surface area contributed by atoms with Crippen LogP contribution in [0.2, 0.25) is 0 Å². The summed E-state index contributed by atoms with van der Waals surface area (Å²) in [7, 11) is 0. The third-order valence-electron chi connectivity index (χ3n) is 2.47. The van der Waals surface area contributed by atoms with Crippen LogP contribution in [0.5, 0.6) is 0 Å². The van der Waals surface area contributed by atoms with Crippen molar-refractivity contribution >= 4 is 29.0 Å². The molecule has 3 N–H and O–H groups in total. The first kappa shape index (κ1) is 19.0. The molecule has 0 saturated heterocycles. The van der Waals surface area contributed by atoms with Gasteiger partial charge in [0.05, 0.1) is 17.5 Å². The molecular weight excluding hydrogens is 350 g/mol. The predicted molar refractivity (Wildman–Crippen MR) is 72.9 cm³/mol. The minimum atomic E-state index is -4.96. The number of thiocarbonyl (C=S) groups is 1. The van der Waals surface area contributed by atoms with Crippen LogP contribution in [0.4, 0.5) is 32.0 Å². The summed E-state index contributed by atoms with van der Waals surface area (Å²) in [5, 5.41) is 12.6. The van der Waals surface area contributed by atoms with E-state index in [1.807, 2.05) is 0 Å². The number of benzene rings is 1.